The third-order valence-corrected chi connectivity index (χ3v) is 2.69. The summed E-state index contributed by atoms with van der Waals surface area (Å²) in [4.78, 5) is 19.6. The van der Waals surface area contributed by atoms with Crippen LogP contribution in [0.3, 0.4) is 0 Å². The summed E-state index contributed by atoms with van der Waals surface area (Å²) in [6, 6.07) is 0. The molecule has 132 valence electrons. The number of esters is 1. The summed E-state index contributed by atoms with van der Waals surface area (Å²) in [5.74, 6) is -0.409. The molecule has 0 aliphatic carbocycles. The van der Waals surface area contributed by atoms with Gasteiger partial charge in [0.05, 0.1) is 19.6 Å². The molecule has 0 aliphatic heterocycles. The van der Waals surface area contributed by atoms with Crippen LogP contribution in [-0.4, -0.2) is 44.4 Å². The smallest absolute Gasteiger partial charge is 0.308 e. The average molecular weight is 339 g/mol. The van der Waals surface area contributed by atoms with Gasteiger partial charge in [-0.05, 0) is 37.4 Å². The predicted octanol–water partition coefficient (Wildman–Crippen LogP) is 3.65. The Bertz CT molecular complexity index is 502. The van der Waals surface area contributed by atoms with Crippen molar-refractivity contribution >= 4 is 5.97 Å². The van der Waals surface area contributed by atoms with Crippen molar-refractivity contribution in [3.63, 3.8) is 0 Å². The lowest BCUT2D eigenvalue weighted by molar-refractivity contribution is -0.156. The zero-order valence-corrected chi connectivity index (χ0v) is 14.0. The van der Waals surface area contributed by atoms with E-state index in [9.17, 15) is 4.79 Å². The van der Waals surface area contributed by atoms with Crippen LogP contribution in [0.25, 0.3) is 31.3 Å². The van der Waals surface area contributed by atoms with Crippen molar-refractivity contribution in [2.24, 2.45) is 20.8 Å². The maximum atomic E-state index is 11.6. The second-order valence-electron chi connectivity index (χ2n) is 6.06. The summed E-state index contributed by atoms with van der Waals surface area (Å²) in [6.07, 6.45) is 0.0396. The van der Waals surface area contributed by atoms with Gasteiger partial charge in [-0.3, -0.25) is 4.79 Å². The standard InChI is InChI=1S/C12H21N9O3/c1-11(2,3)24-10(22)4-5-23-9-12(6-16-19-13,7-17-20-14)8-18-21-15/h4-9H2,1-3H3. The molecule has 12 heteroatoms. The van der Waals surface area contributed by atoms with Crippen LogP contribution in [0.15, 0.2) is 15.3 Å². The van der Waals surface area contributed by atoms with Gasteiger partial charge in [-0.2, -0.15) is 0 Å². The molecule has 0 radical (unpaired) electrons. The van der Waals surface area contributed by atoms with E-state index < -0.39 is 17.0 Å². The molecular formula is C12H21N9O3. The fraction of sp³-hybridized carbons (Fsp3) is 0.917. The molecule has 0 rings (SSSR count). The van der Waals surface area contributed by atoms with E-state index in [0.29, 0.717) is 0 Å². The van der Waals surface area contributed by atoms with Crippen LogP contribution in [-0.2, 0) is 14.3 Å². The number of rotatable bonds is 11. The van der Waals surface area contributed by atoms with E-state index >= 15 is 0 Å². The highest BCUT2D eigenvalue weighted by Gasteiger charge is 2.29. The SMILES string of the molecule is CC(C)(C)OC(=O)CCOCC(CN=[N+]=[N-])(CN=[N+]=[N-])CN=[N+]=[N-]. The van der Waals surface area contributed by atoms with Crippen molar-refractivity contribution in [1.82, 2.24) is 0 Å². The molecule has 0 aromatic rings. The number of hydrogen-bond acceptors (Lipinski definition) is 6. The Morgan fingerprint density at radius 2 is 1.42 bits per heavy atom. The Kier molecular flexibility index (Phi) is 9.77. The molecule has 0 amide bonds. The van der Waals surface area contributed by atoms with Crippen LogP contribution in [0.4, 0.5) is 0 Å². The fourth-order valence-corrected chi connectivity index (χ4v) is 1.67. The van der Waals surface area contributed by atoms with Crippen molar-refractivity contribution in [3.8, 4) is 0 Å². The number of hydrogen-bond donors (Lipinski definition) is 0. The number of carbonyl (C=O) groups is 1. The van der Waals surface area contributed by atoms with E-state index in [2.05, 4.69) is 30.1 Å². The van der Waals surface area contributed by atoms with E-state index in [1.807, 2.05) is 0 Å². The van der Waals surface area contributed by atoms with Gasteiger partial charge in [-0.15, -0.1) is 0 Å². The summed E-state index contributed by atoms with van der Waals surface area (Å²) in [5, 5.41) is 10.4. The number of azide groups is 3. The molecule has 0 saturated carbocycles. The van der Waals surface area contributed by atoms with Gasteiger partial charge in [0.15, 0.2) is 0 Å². The normalized spacial score (nSPS) is 12.8. The minimum absolute atomic E-state index is 0.00709. The van der Waals surface area contributed by atoms with Crippen molar-refractivity contribution in [2.45, 2.75) is 32.8 Å². The molecular weight excluding hydrogens is 318 g/mol. The molecule has 0 saturated heterocycles. The summed E-state index contributed by atoms with van der Waals surface area (Å²) in [6.45, 7) is 5.12. The molecule has 0 bridgehead atoms. The Labute approximate surface area is 139 Å². The van der Waals surface area contributed by atoms with Crippen LogP contribution in [0.1, 0.15) is 27.2 Å². The number of nitrogens with zero attached hydrogens (tertiary/aromatic N) is 9. The number of ether oxygens (including phenoxy) is 2. The molecule has 0 unspecified atom stereocenters. The van der Waals surface area contributed by atoms with Gasteiger partial charge >= 0.3 is 5.97 Å². The first-order valence-electron chi connectivity index (χ1n) is 7.11. The zero-order chi connectivity index (χ0) is 18.5. The molecule has 0 heterocycles. The van der Waals surface area contributed by atoms with Crippen molar-refractivity contribution < 1.29 is 14.3 Å². The minimum atomic E-state index is -0.960. The summed E-state index contributed by atoms with van der Waals surface area (Å²) >= 11 is 0. The zero-order valence-electron chi connectivity index (χ0n) is 14.0. The van der Waals surface area contributed by atoms with Gasteiger partial charge in [0.1, 0.15) is 5.60 Å². The molecule has 0 aromatic heterocycles. The first-order valence-corrected chi connectivity index (χ1v) is 7.11. The molecule has 0 N–H and O–H groups in total. The van der Waals surface area contributed by atoms with Gasteiger partial charge in [-0.25, -0.2) is 0 Å². The van der Waals surface area contributed by atoms with Gasteiger partial charge in [0.2, 0.25) is 0 Å². The van der Waals surface area contributed by atoms with Crippen molar-refractivity contribution in [3.05, 3.63) is 31.3 Å². The summed E-state index contributed by atoms with van der Waals surface area (Å²) in [5.41, 5.74) is 23.9. The molecule has 0 atom stereocenters. The number of carbonyl (C=O) groups excluding carboxylic acids is 1. The Balaban J connectivity index is 4.73. The van der Waals surface area contributed by atoms with Crippen LogP contribution in [0.5, 0.6) is 0 Å². The minimum Gasteiger partial charge on any atom is -0.460 e. The van der Waals surface area contributed by atoms with E-state index in [-0.39, 0.29) is 39.3 Å². The molecule has 0 fully saturated rings. The highest BCUT2D eigenvalue weighted by atomic mass is 16.6. The lowest BCUT2D eigenvalue weighted by Gasteiger charge is -2.28. The second kappa shape index (κ2) is 11.0. The fourth-order valence-electron chi connectivity index (χ4n) is 1.67. The van der Waals surface area contributed by atoms with Gasteiger partial charge in [0.25, 0.3) is 0 Å². The third kappa shape index (κ3) is 10.1. The molecule has 24 heavy (non-hydrogen) atoms. The Morgan fingerprint density at radius 3 is 1.79 bits per heavy atom. The topological polar surface area (TPSA) is 182 Å². The largest absolute Gasteiger partial charge is 0.460 e. The highest BCUT2D eigenvalue weighted by molar-refractivity contribution is 5.69. The van der Waals surface area contributed by atoms with Crippen LogP contribution in [0, 0.1) is 5.41 Å². The van der Waals surface area contributed by atoms with Gasteiger partial charge in [-0.1, -0.05) is 15.3 Å². The van der Waals surface area contributed by atoms with Crippen LogP contribution < -0.4 is 0 Å². The van der Waals surface area contributed by atoms with Gasteiger partial charge < -0.3 is 9.47 Å². The van der Waals surface area contributed by atoms with Crippen molar-refractivity contribution in [1.29, 1.82) is 0 Å². The molecule has 12 nitrogen and oxygen atoms in total. The second-order valence-corrected chi connectivity index (χ2v) is 6.06. The first kappa shape index (κ1) is 21.4. The maximum absolute atomic E-state index is 11.6. The lowest BCUT2D eigenvalue weighted by Crippen LogP contribution is -2.37. The van der Waals surface area contributed by atoms with Crippen LogP contribution >= 0.6 is 0 Å². The quantitative estimate of drug-likeness (QED) is 0.183. The first-order chi connectivity index (χ1) is 11.3. The van der Waals surface area contributed by atoms with E-state index in [0.717, 1.165) is 0 Å². The highest BCUT2D eigenvalue weighted by Crippen LogP contribution is 2.21. The Hall–Kier alpha value is -2.64. The summed E-state index contributed by atoms with van der Waals surface area (Å²) in [7, 11) is 0. The van der Waals surface area contributed by atoms with Gasteiger partial charge in [0, 0.05) is 39.8 Å². The van der Waals surface area contributed by atoms with E-state index in [4.69, 9.17) is 26.1 Å². The predicted molar refractivity (Wildman–Crippen MR) is 85.8 cm³/mol. The Morgan fingerprint density at radius 1 is 0.958 bits per heavy atom. The van der Waals surface area contributed by atoms with Crippen molar-refractivity contribution in [2.75, 3.05) is 32.8 Å². The lowest BCUT2D eigenvalue weighted by atomic mass is 9.89. The van der Waals surface area contributed by atoms with Crippen LogP contribution in [0.2, 0.25) is 0 Å². The summed E-state index contributed by atoms with van der Waals surface area (Å²) < 4.78 is 10.6. The molecule has 0 aliphatic rings. The third-order valence-electron chi connectivity index (χ3n) is 2.69. The monoisotopic (exact) mass is 339 g/mol. The molecule has 0 aromatic carbocycles. The average Bonchev–Trinajstić information content (AvgIpc) is 2.50. The maximum Gasteiger partial charge on any atom is 0.308 e. The van der Waals surface area contributed by atoms with E-state index in [1.165, 1.54) is 0 Å². The molecule has 0 spiro atoms. The van der Waals surface area contributed by atoms with E-state index in [1.54, 1.807) is 20.8 Å².